The zero-order valence-electron chi connectivity index (χ0n) is 16.5. The fourth-order valence-electron chi connectivity index (χ4n) is 2.32. The summed E-state index contributed by atoms with van der Waals surface area (Å²) in [4.78, 5) is 35.9. The number of hydrogen-bond acceptors (Lipinski definition) is 4. The number of hydrogen-bond donors (Lipinski definition) is 3. The van der Waals surface area contributed by atoms with Crippen molar-refractivity contribution in [3.63, 3.8) is 0 Å². The smallest absolute Gasteiger partial charge is 0.407 e. The van der Waals surface area contributed by atoms with E-state index in [2.05, 4.69) is 16.0 Å². The van der Waals surface area contributed by atoms with E-state index in [1.165, 1.54) is 0 Å². The van der Waals surface area contributed by atoms with Gasteiger partial charge in [0.05, 0.1) is 0 Å². The summed E-state index contributed by atoms with van der Waals surface area (Å²) < 4.78 is 5.10. The molecule has 0 radical (unpaired) electrons. The van der Waals surface area contributed by atoms with Crippen molar-refractivity contribution in [1.82, 2.24) is 5.32 Å². The van der Waals surface area contributed by atoms with Crippen molar-refractivity contribution in [1.29, 1.82) is 0 Å². The molecule has 0 aliphatic carbocycles. The van der Waals surface area contributed by atoms with Crippen LogP contribution in [0.5, 0.6) is 0 Å². The lowest BCUT2D eigenvalue weighted by molar-refractivity contribution is -0.116. The molecule has 29 heavy (non-hydrogen) atoms. The Hall–Kier alpha value is -3.06. The number of anilines is 2. The molecule has 0 bridgehead atoms. The Morgan fingerprint density at radius 2 is 1.62 bits per heavy atom. The summed E-state index contributed by atoms with van der Waals surface area (Å²) in [6, 6.07) is 13.4. The number of carbonyl (C=O) groups is 3. The Morgan fingerprint density at radius 1 is 0.966 bits per heavy atom. The highest BCUT2D eigenvalue weighted by Gasteiger charge is 2.16. The predicted molar refractivity (Wildman–Crippen MR) is 113 cm³/mol. The second-order valence-corrected chi connectivity index (χ2v) is 7.71. The molecule has 0 spiro atoms. The van der Waals surface area contributed by atoms with E-state index in [4.69, 9.17) is 16.3 Å². The molecular weight excluding hydrogens is 394 g/mol. The van der Waals surface area contributed by atoms with E-state index in [1.54, 1.807) is 69.3 Å². The number of halogens is 1. The van der Waals surface area contributed by atoms with E-state index >= 15 is 0 Å². The van der Waals surface area contributed by atoms with Gasteiger partial charge in [0, 0.05) is 34.9 Å². The van der Waals surface area contributed by atoms with Crippen LogP contribution < -0.4 is 16.0 Å². The van der Waals surface area contributed by atoms with Crippen molar-refractivity contribution in [3.05, 3.63) is 59.1 Å². The summed E-state index contributed by atoms with van der Waals surface area (Å²) in [5.41, 5.74) is 0.887. The summed E-state index contributed by atoms with van der Waals surface area (Å²) in [7, 11) is 0. The summed E-state index contributed by atoms with van der Waals surface area (Å²) in [6.07, 6.45) is -0.491. The highest BCUT2D eigenvalue weighted by molar-refractivity contribution is 6.31. The molecule has 2 aromatic rings. The monoisotopic (exact) mass is 417 g/mol. The van der Waals surface area contributed by atoms with Gasteiger partial charge in [-0.05, 0) is 57.2 Å². The average Bonchev–Trinajstić information content (AvgIpc) is 2.60. The van der Waals surface area contributed by atoms with Crippen molar-refractivity contribution in [2.45, 2.75) is 32.8 Å². The highest BCUT2D eigenvalue weighted by Crippen LogP contribution is 2.17. The summed E-state index contributed by atoms with van der Waals surface area (Å²) in [5, 5.41) is 8.48. The zero-order chi connectivity index (χ0) is 21.4. The summed E-state index contributed by atoms with van der Waals surface area (Å²) in [5.74, 6) is -0.586. The molecule has 2 aromatic carbocycles. The molecule has 0 fully saturated rings. The molecule has 0 saturated heterocycles. The quantitative estimate of drug-likeness (QED) is 0.647. The first-order valence-electron chi connectivity index (χ1n) is 9.06. The van der Waals surface area contributed by atoms with E-state index in [0.29, 0.717) is 22.0 Å². The van der Waals surface area contributed by atoms with Crippen LogP contribution in [-0.2, 0) is 9.53 Å². The van der Waals surface area contributed by atoms with Crippen LogP contribution in [0.4, 0.5) is 16.2 Å². The molecule has 8 heteroatoms. The topological polar surface area (TPSA) is 96.5 Å². The number of nitrogens with one attached hydrogen (secondary N) is 3. The Bertz CT molecular complexity index is 893. The van der Waals surface area contributed by atoms with Crippen LogP contribution >= 0.6 is 11.6 Å². The van der Waals surface area contributed by atoms with Gasteiger partial charge < -0.3 is 20.7 Å². The maximum atomic E-state index is 12.3. The minimum atomic E-state index is -0.595. The molecule has 0 aliphatic heterocycles. The number of benzene rings is 2. The first kappa shape index (κ1) is 22.2. The molecule has 0 saturated carbocycles. The fraction of sp³-hybridized carbons (Fsp3) is 0.286. The van der Waals surface area contributed by atoms with Crippen molar-refractivity contribution in [2.75, 3.05) is 17.2 Å². The van der Waals surface area contributed by atoms with Crippen molar-refractivity contribution >= 4 is 40.9 Å². The third-order valence-electron chi connectivity index (χ3n) is 3.51. The molecular formula is C21H24ClN3O4. The van der Waals surface area contributed by atoms with Crippen molar-refractivity contribution in [2.24, 2.45) is 0 Å². The molecule has 0 aromatic heterocycles. The second-order valence-electron chi connectivity index (χ2n) is 7.27. The van der Waals surface area contributed by atoms with Gasteiger partial charge in [0.15, 0.2) is 0 Å². The number of amides is 3. The third kappa shape index (κ3) is 8.23. The lowest BCUT2D eigenvalue weighted by atomic mass is 10.2. The second kappa shape index (κ2) is 9.93. The van der Waals surface area contributed by atoms with Crippen LogP contribution in [-0.4, -0.2) is 30.1 Å². The van der Waals surface area contributed by atoms with Crippen LogP contribution in [0.15, 0.2) is 48.5 Å². The van der Waals surface area contributed by atoms with E-state index in [0.717, 1.165) is 0 Å². The van der Waals surface area contributed by atoms with E-state index < -0.39 is 11.7 Å². The summed E-state index contributed by atoms with van der Waals surface area (Å²) in [6.45, 7) is 5.43. The molecule has 7 nitrogen and oxygen atoms in total. The first-order chi connectivity index (χ1) is 13.6. The lowest BCUT2D eigenvalue weighted by Crippen LogP contribution is -2.34. The molecule has 154 valence electrons. The zero-order valence-corrected chi connectivity index (χ0v) is 17.3. The van der Waals surface area contributed by atoms with Gasteiger partial charge in [-0.15, -0.1) is 0 Å². The predicted octanol–water partition coefficient (Wildman–Crippen LogP) is 4.45. The lowest BCUT2D eigenvalue weighted by Gasteiger charge is -2.19. The Morgan fingerprint density at radius 3 is 2.28 bits per heavy atom. The normalized spacial score (nSPS) is 10.8. The highest BCUT2D eigenvalue weighted by atomic mass is 35.5. The van der Waals surface area contributed by atoms with E-state index in [1.807, 2.05) is 0 Å². The minimum absolute atomic E-state index is 0.0817. The third-order valence-corrected chi connectivity index (χ3v) is 3.75. The van der Waals surface area contributed by atoms with Crippen LogP contribution in [0.3, 0.4) is 0 Å². The maximum absolute atomic E-state index is 12.3. The van der Waals surface area contributed by atoms with Gasteiger partial charge in [0.2, 0.25) is 5.91 Å². The average molecular weight is 418 g/mol. The van der Waals surface area contributed by atoms with Crippen LogP contribution in [0.25, 0.3) is 0 Å². The SMILES string of the molecule is CC(C)(C)OC(=O)NCCC(=O)Nc1cccc(NC(=O)c2cccc(Cl)c2)c1. The van der Waals surface area contributed by atoms with Crippen molar-refractivity contribution < 1.29 is 19.1 Å². The van der Waals surface area contributed by atoms with Gasteiger partial charge >= 0.3 is 6.09 Å². The number of ether oxygens (including phenoxy) is 1. The van der Waals surface area contributed by atoms with E-state index in [-0.39, 0.29) is 24.8 Å². The molecule has 3 N–H and O–H groups in total. The molecule has 0 atom stereocenters. The number of carbonyl (C=O) groups excluding carboxylic acids is 3. The Kier molecular flexibility index (Phi) is 7.61. The molecule has 2 rings (SSSR count). The van der Waals surface area contributed by atoms with Gasteiger partial charge in [-0.1, -0.05) is 23.7 Å². The van der Waals surface area contributed by atoms with Crippen LogP contribution in [0, 0.1) is 0 Å². The van der Waals surface area contributed by atoms with Crippen molar-refractivity contribution in [3.8, 4) is 0 Å². The number of rotatable bonds is 6. The largest absolute Gasteiger partial charge is 0.444 e. The van der Waals surface area contributed by atoms with Gasteiger partial charge in [0.1, 0.15) is 5.60 Å². The Balaban J connectivity index is 1.85. The fourth-order valence-corrected chi connectivity index (χ4v) is 2.51. The standard InChI is InChI=1S/C21H24ClN3O4/c1-21(2,3)29-20(28)23-11-10-18(26)24-16-8-5-9-17(13-16)25-19(27)14-6-4-7-15(22)12-14/h4-9,12-13H,10-11H2,1-3H3,(H,23,28)(H,24,26)(H,25,27). The van der Waals surface area contributed by atoms with Crippen LogP contribution in [0.1, 0.15) is 37.6 Å². The van der Waals surface area contributed by atoms with E-state index in [9.17, 15) is 14.4 Å². The molecule has 0 aliphatic rings. The van der Waals surface area contributed by atoms with Gasteiger partial charge in [-0.2, -0.15) is 0 Å². The molecule has 3 amide bonds. The maximum Gasteiger partial charge on any atom is 0.407 e. The molecule has 0 heterocycles. The minimum Gasteiger partial charge on any atom is -0.444 e. The Labute approximate surface area is 174 Å². The molecule has 0 unspecified atom stereocenters. The van der Waals surface area contributed by atoms with Crippen LogP contribution in [0.2, 0.25) is 5.02 Å². The van der Waals surface area contributed by atoms with Gasteiger partial charge in [-0.25, -0.2) is 4.79 Å². The number of alkyl carbamates (subject to hydrolysis) is 1. The van der Waals surface area contributed by atoms with Gasteiger partial charge in [-0.3, -0.25) is 9.59 Å². The first-order valence-corrected chi connectivity index (χ1v) is 9.44. The summed E-state index contributed by atoms with van der Waals surface area (Å²) >= 11 is 5.91. The van der Waals surface area contributed by atoms with Gasteiger partial charge in [0.25, 0.3) is 5.91 Å².